The molecular formula is C23H27F4N3O2. The lowest BCUT2D eigenvalue weighted by molar-refractivity contribution is -0.191. The Bertz CT molecular complexity index is 1050. The lowest BCUT2D eigenvalue weighted by Crippen LogP contribution is -2.55. The molecule has 1 aromatic carbocycles. The van der Waals surface area contributed by atoms with Gasteiger partial charge in [-0.15, -0.1) is 0 Å². The number of nitrogens with zero attached hydrogens (tertiary/aromatic N) is 2. The van der Waals surface area contributed by atoms with E-state index in [9.17, 15) is 27.5 Å². The number of benzene rings is 1. The summed E-state index contributed by atoms with van der Waals surface area (Å²) in [5.74, 6) is -1.15. The Kier molecular flexibility index (Phi) is 5.24. The summed E-state index contributed by atoms with van der Waals surface area (Å²) in [6.45, 7) is 0.285. The molecular weight excluding hydrogens is 426 g/mol. The summed E-state index contributed by atoms with van der Waals surface area (Å²) < 4.78 is 54.4. The SMILES string of the molecule is CN1CC(C(=O)NC(CO)C(F)C(F)(F)F)CC2c3cccc4c3c(c3n4CCC3)CC21. The fraction of sp³-hybridized carbons (Fsp3) is 0.609. The zero-order valence-corrected chi connectivity index (χ0v) is 17.8. The van der Waals surface area contributed by atoms with E-state index in [4.69, 9.17) is 0 Å². The summed E-state index contributed by atoms with van der Waals surface area (Å²) >= 11 is 0. The van der Waals surface area contributed by atoms with E-state index >= 15 is 0 Å². The Balaban J connectivity index is 1.42. The number of likely N-dealkylation sites (N-methyl/N-ethyl adjacent to an activating group) is 1. The monoisotopic (exact) mass is 453 g/mol. The predicted octanol–water partition coefficient (Wildman–Crippen LogP) is 2.93. The van der Waals surface area contributed by atoms with Crippen LogP contribution >= 0.6 is 0 Å². The summed E-state index contributed by atoms with van der Waals surface area (Å²) in [4.78, 5) is 14.9. The van der Waals surface area contributed by atoms with E-state index in [1.807, 2.05) is 13.1 Å². The third kappa shape index (κ3) is 3.32. The second kappa shape index (κ2) is 7.73. The van der Waals surface area contributed by atoms with Crippen LogP contribution in [0.2, 0.25) is 0 Å². The molecule has 3 heterocycles. The molecule has 1 amide bonds. The minimum Gasteiger partial charge on any atom is -0.394 e. The van der Waals surface area contributed by atoms with Crippen molar-refractivity contribution in [2.75, 3.05) is 20.2 Å². The van der Waals surface area contributed by atoms with Crippen molar-refractivity contribution in [3.8, 4) is 0 Å². The van der Waals surface area contributed by atoms with E-state index in [0.29, 0.717) is 13.0 Å². The number of carbonyl (C=O) groups excluding carboxylic acids is 1. The van der Waals surface area contributed by atoms with Gasteiger partial charge in [0.25, 0.3) is 0 Å². The van der Waals surface area contributed by atoms with Crippen LogP contribution in [0, 0.1) is 5.92 Å². The first-order chi connectivity index (χ1) is 15.2. The van der Waals surface area contributed by atoms with Crippen LogP contribution in [0.5, 0.6) is 0 Å². The number of alkyl halides is 4. The van der Waals surface area contributed by atoms with Crippen molar-refractivity contribution in [3.63, 3.8) is 0 Å². The molecule has 2 N–H and O–H groups in total. The van der Waals surface area contributed by atoms with E-state index in [2.05, 4.69) is 26.9 Å². The topological polar surface area (TPSA) is 57.5 Å². The molecule has 1 aliphatic carbocycles. The number of halogens is 4. The number of rotatable bonds is 4. The first-order valence-electron chi connectivity index (χ1n) is 11.2. The average molecular weight is 453 g/mol. The maximum atomic E-state index is 13.7. The highest BCUT2D eigenvalue weighted by Crippen LogP contribution is 2.47. The number of piperidine rings is 1. The average Bonchev–Trinajstić information content (AvgIpc) is 3.34. The molecule has 0 radical (unpaired) electrons. The summed E-state index contributed by atoms with van der Waals surface area (Å²) in [7, 11) is 1.94. The number of amides is 1. The molecule has 174 valence electrons. The molecule has 9 heteroatoms. The normalized spacial score (nSPS) is 27.1. The van der Waals surface area contributed by atoms with E-state index < -0.39 is 36.8 Å². The van der Waals surface area contributed by atoms with E-state index in [1.54, 1.807) is 0 Å². The van der Waals surface area contributed by atoms with Crippen molar-refractivity contribution in [3.05, 3.63) is 35.0 Å². The van der Waals surface area contributed by atoms with Crippen LogP contribution in [-0.2, 0) is 24.2 Å². The second-order valence-electron chi connectivity index (χ2n) is 9.41. The molecule has 3 aliphatic rings. The molecule has 1 aromatic heterocycles. The Morgan fingerprint density at radius 3 is 2.84 bits per heavy atom. The Morgan fingerprint density at radius 2 is 2.12 bits per heavy atom. The van der Waals surface area contributed by atoms with Crippen LogP contribution in [0.4, 0.5) is 17.6 Å². The zero-order valence-electron chi connectivity index (χ0n) is 17.8. The van der Waals surface area contributed by atoms with Crippen LogP contribution in [0.3, 0.4) is 0 Å². The lowest BCUT2D eigenvalue weighted by atomic mass is 9.71. The number of aryl methyl sites for hydroxylation is 1. The number of fused-ring (bicyclic) bond motifs is 5. The van der Waals surface area contributed by atoms with Gasteiger partial charge < -0.3 is 19.9 Å². The van der Waals surface area contributed by atoms with Gasteiger partial charge in [-0.1, -0.05) is 12.1 Å². The van der Waals surface area contributed by atoms with Crippen LogP contribution in [0.15, 0.2) is 18.2 Å². The molecule has 32 heavy (non-hydrogen) atoms. The molecule has 5 nitrogen and oxygen atoms in total. The van der Waals surface area contributed by atoms with Crippen molar-refractivity contribution in [2.24, 2.45) is 5.92 Å². The number of aromatic nitrogens is 1. The van der Waals surface area contributed by atoms with Crippen molar-refractivity contribution in [1.82, 2.24) is 14.8 Å². The highest BCUT2D eigenvalue weighted by Gasteiger charge is 2.47. The van der Waals surface area contributed by atoms with Gasteiger partial charge in [0, 0.05) is 41.6 Å². The Hall–Kier alpha value is -2.13. The molecule has 2 aromatic rings. The van der Waals surface area contributed by atoms with Gasteiger partial charge in [0.15, 0.2) is 0 Å². The van der Waals surface area contributed by atoms with Crippen LogP contribution in [0.1, 0.15) is 35.6 Å². The van der Waals surface area contributed by atoms with Crippen LogP contribution in [0.25, 0.3) is 10.9 Å². The quantitative estimate of drug-likeness (QED) is 0.700. The Morgan fingerprint density at radius 1 is 1.34 bits per heavy atom. The van der Waals surface area contributed by atoms with Crippen molar-refractivity contribution < 1.29 is 27.5 Å². The predicted molar refractivity (Wildman–Crippen MR) is 111 cm³/mol. The number of nitrogens with one attached hydrogen (secondary N) is 1. The van der Waals surface area contributed by atoms with Gasteiger partial charge in [0.1, 0.15) is 0 Å². The number of carbonyl (C=O) groups is 1. The van der Waals surface area contributed by atoms with Gasteiger partial charge in [0.2, 0.25) is 12.1 Å². The van der Waals surface area contributed by atoms with Crippen LogP contribution in [-0.4, -0.2) is 65.1 Å². The van der Waals surface area contributed by atoms with Gasteiger partial charge in [-0.3, -0.25) is 4.79 Å². The second-order valence-corrected chi connectivity index (χ2v) is 9.41. The first kappa shape index (κ1) is 21.7. The summed E-state index contributed by atoms with van der Waals surface area (Å²) in [6, 6.07) is 4.49. The smallest absolute Gasteiger partial charge is 0.394 e. The third-order valence-corrected chi connectivity index (χ3v) is 7.59. The molecule has 0 saturated carbocycles. The molecule has 5 rings (SSSR count). The molecule has 1 saturated heterocycles. The molecule has 2 aliphatic heterocycles. The summed E-state index contributed by atoms with van der Waals surface area (Å²) in [5, 5.41) is 12.6. The highest BCUT2D eigenvalue weighted by atomic mass is 19.4. The lowest BCUT2D eigenvalue weighted by Gasteiger charge is -2.45. The van der Waals surface area contributed by atoms with E-state index in [1.165, 1.54) is 27.7 Å². The number of hydrogen-bond acceptors (Lipinski definition) is 3. The van der Waals surface area contributed by atoms with Gasteiger partial charge in [-0.25, -0.2) is 4.39 Å². The van der Waals surface area contributed by atoms with Gasteiger partial charge in [0.05, 0.1) is 18.6 Å². The molecule has 1 fully saturated rings. The zero-order chi connectivity index (χ0) is 22.8. The van der Waals surface area contributed by atoms with Gasteiger partial charge >= 0.3 is 6.18 Å². The minimum atomic E-state index is -5.14. The van der Waals surface area contributed by atoms with Gasteiger partial charge in [-0.05, 0) is 49.9 Å². The highest BCUT2D eigenvalue weighted by molar-refractivity contribution is 5.91. The number of hydrogen-bond donors (Lipinski definition) is 2. The fourth-order valence-electron chi connectivity index (χ4n) is 6.14. The largest absolute Gasteiger partial charge is 0.421 e. The maximum absolute atomic E-state index is 13.7. The minimum absolute atomic E-state index is 0.0696. The Labute approximate surface area is 183 Å². The van der Waals surface area contributed by atoms with Crippen molar-refractivity contribution >= 4 is 16.8 Å². The number of aliphatic hydroxyl groups excluding tert-OH is 1. The van der Waals surface area contributed by atoms with E-state index in [0.717, 1.165) is 25.8 Å². The third-order valence-electron chi connectivity index (χ3n) is 7.59. The molecule has 5 unspecified atom stereocenters. The van der Waals surface area contributed by atoms with Gasteiger partial charge in [-0.2, -0.15) is 13.2 Å². The molecule has 0 bridgehead atoms. The molecule has 5 atom stereocenters. The number of likely N-dealkylation sites (tertiary alicyclic amines) is 1. The fourth-order valence-corrected chi connectivity index (χ4v) is 6.14. The van der Waals surface area contributed by atoms with Crippen LogP contribution < -0.4 is 5.32 Å². The molecule has 0 spiro atoms. The number of aliphatic hydroxyl groups is 1. The van der Waals surface area contributed by atoms with E-state index in [-0.39, 0.29) is 12.0 Å². The first-order valence-corrected chi connectivity index (χ1v) is 11.2. The maximum Gasteiger partial charge on any atom is 0.421 e. The van der Waals surface area contributed by atoms with Crippen molar-refractivity contribution in [2.45, 2.75) is 62.6 Å². The summed E-state index contributed by atoms with van der Waals surface area (Å²) in [6.07, 6.45) is -4.84. The van der Waals surface area contributed by atoms with Crippen molar-refractivity contribution in [1.29, 1.82) is 0 Å². The standard InChI is InChI=1S/C23H27F4N3O2/c1-29-10-12(22(32)28-16(11-31)21(24)23(25,26)27)8-14-13-4-2-5-18-20(13)15(9-19(14)29)17-6-3-7-30(17)18/h2,4-5,12,14,16,19,21,31H,3,6-11H2,1H3,(H,28,32). The summed E-state index contributed by atoms with van der Waals surface area (Å²) in [5.41, 5.74) is 5.22.